The van der Waals surface area contributed by atoms with Crippen LogP contribution in [0.3, 0.4) is 0 Å². The van der Waals surface area contributed by atoms with E-state index in [0.29, 0.717) is 10.2 Å². The molecular formula is C12H16Br2. The minimum atomic E-state index is 0.299. The zero-order valence-electron chi connectivity index (χ0n) is 8.85. The van der Waals surface area contributed by atoms with E-state index in [1.165, 1.54) is 12.0 Å². The molecule has 78 valence electrons. The van der Waals surface area contributed by atoms with Crippen LogP contribution in [-0.4, -0.2) is 0 Å². The fourth-order valence-electron chi connectivity index (χ4n) is 1.26. The van der Waals surface area contributed by atoms with Crippen molar-refractivity contribution in [2.45, 2.75) is 32.0 Å². The SMILES string of the molecule is CCC(C)(C)C(Br)c1ccc(Br)cc1. The molecule has 1 atom stereocenters. The lowest BCUT2D eigenvalue weighted by atomic mass is 9.83. The second kappa shape index (κ2) is 4.80. The van der Waals surface area contributed by atoms with Crippen LogP contribution in [-0.2, 0) is 0 Å². The van der Waals surface area contributed by atoms with Gasteiger partial charge in [-0.15, -0.1) is 0 Å². The standard InChI is InChI=1S/C12H16Br2/c1-4-12(2,3)11(14)9-5-7-10(13)8-6-9/h5-8,11H,4H2,1-3H3. The molecule has 1 rings (SSSR count). The van der Waals surface area contributed by atoms with Crippen LogP contribution in [0.5, 0.6) is 0 Å². The second-order valence-electron chi connectivity index (χ2n) is 4.26. The number of alkyl halides is 1. The highest BCUT2D eigenvalue weighted by atomic mass is 79.9. The Morgan fingerprint density at radius 3 is 2.14 bits per heavy atom. The van der Waals surface area contributed by atoms with Gasteiger partial charge in [-0.2, -0.15) is 0 Å². The van der Waals surface area contributed by atoms with E-state index in [0.717, 1.165) is 4.47 Å². The normalized spacial score (nSPS) is 14.1. The van der Waals surface area contributed by atoms with Gasteiger partial charge in [0.25, 0.3) is 0 Å². The number of hydrogen-bond donors (Lipinski definition) is 0. The highest BCUT2D eigenvalue weighted by Gasteiger charge is 2.26. The van der Waals surface area contributed by atoms with Crippen LogP contribution >= 0.6 is 31.9 Å². The zero-order chi connectivity index (χ0) is 10.8. The predicted molar refractivity (Wildman–Crippen MR) is 69.9 cm³/mol. The van der Waals surface area contributed by atoms with Gasteiger partial charge < -0.3 is 0 Å². The average molecular weight is 320 g/mol. The Bertz CT molecular complexity index is 288. The van der Waals surface area contributed by atoms with Crippen LogP contribution in [0, 0.1) is 5.41 Å². The van der Waals surface area contributed by atoms with Crippen molar-refractivity contribution in [1.29, 1.82) is 0 Å². The van der Waals surface area contributed by atoms with Crippen LogP contribution in [0.1, 0.15) is 37.6 Å². The van der Waals surface area contributed by atoms with E-state index in [4.69, 9.17) is 0 Å². The third-order valence-electron chi connectivity index (χ3n) is 2.76. The molecule has 0 bridgehead atoms. The summed E-state index contributed by atoms with van der Waals surface area (Å²) in [6.45, 7) is 6.80. The molecule has 1 aromatic rings. The van der Waals surface area contributed by atoms with Gasteiger partial charge in [0.05, 0.1) is 0 Å². The first-order valence-electron chi connectivity index (χ1n) is 4.87. The Morgan fingerprint density at radius 2 is 1.71 bits per heavy atom. The summed E-state index contributed by atoms with van der Waals surface area (Å²) in [6.07, 6.45) is 1.17. The highest BCUT2D eigenvalue weighted by molar-refractivity contribution is 9.10. The second-order valence-corrected chi connectivity index (χ2v) is 6.09. The van der Waals surface area contributed by atoms with Gasteiger partial charge in [0, 0.05) is 9.30 Å². The molecule has 0 amide bonds. The monoisotopic (exact) mass is 318 g/mol. The molecule has 0 heterocycles. The average Bonchev–Trinajstić information content (AvgIpc) is 2.18. The molecule has 0 saturated carbocycles. The molecule has 0 nitrogen and oxygen atoms in total. The number of halogens is 2. The first-order chi connectivity index (χ1) is 6.47. The molecular weight excluding hydrogens is 304 g/mol. The molecule has 2 heteroatoms. The van der Waals surface area contributed by atoms with E-state index < -0.39 is 0 Å². The van der Waals surface area contributed by atoms with E-state index in [1.807, 2.05) is 0 Å². The predicted octanol–water partition coefficient (Wildman–Crippen LogP) is 5.32. The molecule has 0 aromatic heterocycles. The molecule has 0 spiro atoms. The van der Waals surface area contributed by atoms with E-state index in [9.17, 15) is 0 Å². The summed E-state index contributed by atoms with van der Waals surface area (Å²) in [6, 6.07) is 8.52. The fraction of sp³-hybridized carbons (Fsp3) is 0.500. The molecule has 0 saturated heterocycles. The highest BCUT2D eigenvalue weighted by Crippen LogP contribution is 2.42. The van der Waals surface area contributed by atoms with Crippen LogP contribution < -0.4 is 0 Å². The van der Waals surface area contributed by atoms with Crippen molar-refractivity contribution in [1.82, 2.24) is 0 Å². The lowest BCUT2D eigenvalue weighted by Crippen LogP contribution is -2.16. The van der Waals surface area contributed by atoms with Crippen LogP contribution in [0.15, 0.2) is 28.7 Å². The summed E-state index contributed by atoms with van der Waals surface area (Å²) in [5, 5.41) is 0. The first-order valence-corrected chi connectivity index (χ1v) is 6.58. The number of rotatable bonds is 3. The Balaban J connectivity index is 2.89. The Hall–Kier alpha value is 0.180. The summed E-state index contributed by atoms with van der Waals surface area (Å²) in [7, 11) is 0. The van der Waals surface area contributed by atoms with Crippen LogP contribution in [0.25, 0.3) is 0 Å². The van der Waals surface area contributed by atoms with Crippen LogP contribution in [0.4, 0.5) is 0 Å². The zero-order valence-corrected chi connectivity index (χ0v) is 12.0. The maximum absolute atomic E-state index is 3.78. The van der Waals surface area contributed by atoms with Crippen molar-refractivity contribution in [2.24, 2.45) is 5.41 Å². The Morgan fingerprint density at radius 1 is 1.21 bits per heavy atom. The minimum absolute atomic E-state index is 0.299. The summed E-state index contributed by atoms with van der Waals surface area (Å²) in [5.41, 5.74) is 1.65. The molecule has 0 radical (unpaired) electrons. The Kier molecular flexibility index (Phi) is 4.20. The lowest BCUT2D eigenvalue weighted by molar-refractivity contribution is 0.346. The van der Waals surface area contributed by atoms with Crippen LogP contribution in [0.2, 0.25) is 0 Å². The van der Waals surface area contributed by atoms with Crippen molar-refractivity contribution < 1.29 is 0 Å². The minimum Gasteiger partial charge on any atom is -0.0833 e. The lowest BCUT2D eigenvalue weighted by Gasteiger charge is -2.29. The third-order valence-corrected chi connectivity index (χ3v) is 5.06. The van der Waals surface area contributed by atoms with Crippen molar-refractivity contribution >= 4 is 31.9 Å². The smallest absolute Gasteiger partial charge is 0.0446 e. The van der Waals surface area contributed by atoms with Gasteiger partial charge in [-0.1, -0.05) is 64.8 Å². The van der Waals surface area contributed by atoms with Crippen molar-refractivity contribution in [3.05, 3.63) is 34.3 Å². The molecule has 1 aromatic carbocycles. The largest absolute Gasteiger partial charge is 0.0833 e. The third kappa shape index (κ3) is 2.83. The summed E-state index contributed by atoms with van der Waals surface area (Å²) in [4.78, 5) is 0.424. The molecule has 14 heavy (non-hydrogen) atoms. The van der Waals surface area contributed by atoms with Gasteiger partial charge in [0.15, 0.2) is 0 Å². The quantitative estimate of drug-likeness (QED) is 0.661. The van der Waals surface area contributed by atoms with Gasteiger partial charge in [-0.25, -0.2) is 0 Å². The molecule has 0 fully saturated rings. The van der Waals surface area contributed by atoms with Gasteiger partial charge >= 0.3 is 0 Å². The van der Waals surface area contributed by atoms with E-state index in [1.54, 1.807) is 0 Å². The van der Waals surface area contributed by atoms with E-state index in [-0.39, 0.29) is 0 Å². The van der Waals surface area contributed by atoms with Crippen molar-refractivity contribution in [3.63, 3.8) is 0 Å². The van der Waals surface area contributed by atoms with Gasteiger partial charge in [0.2, 0.25) is 0 Å². The molecule has 0 aliphatic carbocycles. The number of benzene rings is 1. The van der Waals surface area contributed by atoms with Gasteiger partial charge in [0.1, 0.15) is 0 Å². The summed E-state index contributed by atoms with van der Waals surface area (Å²) in [5.74, 6) is 0. The fourth-order valence-corrected chi connectivity index (χ4v) is 2.16. The maximum Gasteiger partial charge on any atom is 0.0446 e. The molecule has 0 aliphatic heterocycles. The van der Waals surface area contributed by atoms with Crippen molar-refractivity contribution in [2.75, 3.05) is 0 Å². The molecule has 1 unspecified atom stereocenters. The maximum atomic E-state index is 3.78. The van der Waals surface area contributed by atoms with Crippen molar-refractivity contribution in [3.8, 4) is 0 Å². The first kappa shape index (κ1) is 12.3. The van der Waals surface area contributed by atoms with Gasteiger partial charge in [-0.3, -0.25) is 0 Å². The number of hydrogen-bond acceptors (Lipinski definition) is 0. The van der Waals surface area contributed by atoms with E-state index in [2.05, 4.69) is 76.9 Å². The summed E-state index contributed by atoms with van der Waals surface area (Å²) < 4.78 is 1.13. The topological polar surface area (TPSA) is 0 Å². The Labute approximate surface area is 103 Å². The van der Waals surface area contributed by atoms with E-state index >= 15 is 0 Å². The molecule has 0 N–H and O–H groups in total. The van der Waals surface area contributed by atoms with Gasteiger partial charge in [-0.05, 0) is 29.5 Å². The summed E-state index contributed by atoms with van der Waals surface area (Å²) >= 11 is 7.22. The molecule has 0 aliphatic rings.